The minimum atomic E-state index is 0.594. The second kappa shape index (κ2) is 6.78. The Morgan fingerprint density at radius 3 is 2.61 bits per heavy atom. The Morgan fingerprint density at radius 2 is 2.00 bits per heavy atom. The van der Waals surface area contributed by atoms with Gasteiger partial charge in [0.25, 0.3) is 0 Å². The van der Waals surface area contributed by atoms with Crippen molar-refractivity contribution in [3.05, 3.63) is 56.5 Å². The van der Waals surface area contributed by atoms with Crippen LogP contribution in [0, 0.1) is 18.3 Å². The highest BCUT2D eigenvalue weighted by Gasteiger charge is 2.09. The first-order valence-electron chi connectivity index (χ1n) is 6.98. The minimum absolute atomic E-state index is 0.594. The van der Waals surface area contributed by atoms with Gasteiger partial charge in [-0.25, -0.2) is 4.98 Å². The smallest absolute Gasteiger partial charge is 0.134 e. The van der Waals surface area contributed by atoms with E-state index in [9.17, 15) is 5.26 Å². The first-order chi connectivity index (χ1) is 11.2. The molecule has 114 valence electrons. The molecule has 1 aromatic carbocycles. The maximum absolute atomic E-state index is 9.43. The van der Waals surface area contributed by atoms with Gasteiger partial charge in [0.05, 0.1) is 18.4 Å². The molecule has 3 rings (SSSR count). The third-order valence-corrected chi connectivity index (χ3v) is 5.11. The van der Waals surface area contributed by atoms with Gasteiger partial charge < -0.3 is 4.74 Å². The summed E-state index contributed by atoms with van der Waals surface area (Å²) in [6.45, 7) is 2.05. The molecule has 0 aliphatic heterocycles. The van der Waals surface area contributed by atoms with Crippen LogP contribution in [0.25, 0.3) is 22.9 Å². The summed E-state index contributed by atoms with van der Waals surface area (Å²) in [5.74, 6) is 0.815. The molecule has 0 bridgehead atoms. The summed E-state index contributed by atoms with van der Waals surface area (Å²) >= 11 is 3.15. The molecule has 0 saturated heterocycles. The molecule has 0 radical (unpaired) electrons. The number of aromatic nitrogens is 1. The number of ether oxygens (including phenoxy) is 1. The van der Waals surface area contributed by atoms with E-state index < -0.39 is 0 Å². The number of hydrogen-bond acceptors (Lipinski definition) is 5. The van der Waals surface area contributed by atoms with E-state index in [0.717, 1.165) is 26.9 Å². The number of benzene rings is 1. The Kier molecular flexibility index (Phi) is 4.56. The summed E-state index contributed by atoms with van der Waals surface area (Å²) in [4.78, 5) is 6.90. The third kappa shape index (κ3) is 3.50. The van der Waals surface area contributed by atoms with E-state index in [4.69, 9.17) is 4.74 Å². The van der Waals surface area contributed by atoms with Crippen LogP contribution >= 0.6 is 22.7 Å². The number of nitrogens with zero attached hydrogens (tertiary/aromatic N) is 2. The maximum atomic E-state index is 9.43. The van der Waals surface area contributed by atoms with Crippen molar-refractivity contribution in [1.29, 1.82) is 5.26 Å². The van der Waals surface area contributed by atoms with Crippen molar-refractivity contribution in [3.8, 4) is 23.1 Å². The Labute approximate surface area is 143 Å². The van der Waals surface area contributed by atoms with Crippen LogP contribution in [-0.2, 0) is 0 Å². The molecular weight excluding hydrogens is 324 g/mol. The van der Waals surface area contributed by atoms with Crippen LogP contribution in [0.4, 0.5) is 0 Å². The molecule has 0 amide bonds. The Hall–Kier alpha value is -2.42. The zero-order valence-corrected chi connectivity index (χ0v) is 14.4. The van der Waals surface area contributed by atoms with Gasteiger partial charge in [-0.3, -0.25) is 0 Å². The molecule has 3 aromatic rings. The fourth-order valence-electron chi connectivity index (χ4n) is 2.11. The van der Waals surface area contributed by atoms with Crippen molar-refractivity contribution >= 4 is 34.3 Å². The van der Waals surface area contributed by atoms with Gasteiger partial charge in [-0.1, -0.05) is 0 Å². The number of nitriles is 1. The number of thiazole rings is 1. The molecule has 0 saturated carbocycles. The van der Waals surface area contributed by atoms with E-state index in [1.165, 1.54) is 16.2 Å². The summed E-state index contributed by atoms with van der Waals surface area (Å²) in [6, 6.07) is 14.1. The second-order valence-electron chi connectivity index (χ2n) is 4.88. The number of methoxy groups -OCH3 is 1. The van der Waals surface area contributed by atoms with E-state index >= 15 is 0 Å². The first-order valence-corrected chi connectivity index (χ1v) is 8.68. The summed E-state index contributed by atoms with van der Waals surface area (Å²) in [6.07, 6.45) is 1.90. The standard InChI is InChI=1S/C18H14N2OS2/c1-12-3-8-16(23-12)9-14(10-19)18-20-17(11-22-18)13-4-6-15(21-2)7-5-13/h3-9,11H,1-2H3/b14-9-. The zero-order chi connectivity index (χ0) is 16.2. The molecule has 0 fully saturated rings. The van der Waals surface area contributed by atoms with Crippen molar-refractivity contribution in [2.45, 2.75) is 6.92 Å². The minimum Gasteiger partial charge on any atom is -0.497 e. The van der Waals surface area contributed by atoms with Crippen LogP contribution in [-0.4, -0.2) is 12.1 Å². The number of aryl methyl sites for hydroxylation is 1. The van der Waals surface area contributed by atoms with Crippen molar-refractivity contribution in [1.82, 2.24) is 4.98 Å². The lowest BCUT2D eigenvalue weighted by Crippen LogP contribution is -1.84. The summed E-state index contributed by atoms with van der Waals surface area (Å²) in [5.41, 5.74) is 2.48. The SMILES string of the molecule is COc1ccc(-c2csc(/C(C#N)=C\c3ccc(C)s3)n2)cc1. The summed E-state index contributed by atoms with van der Waals surface area (Å²) in [5, 5.41) is 12.1. The molecule has 5 heteroatoms. The molecule has 0 N–H and O–H groups in total. The van der Waals surface area contributed by atoms with Crippen LogP contribution in [0.1, 0.15) is 14.8 Å². The van der Waals surface area contributed by atoms with Gasteiger partial charge in [0.2, 0.25) is 0 Å². The molecule has 0 aliphatic carbocycles. The predicted octanol–water partition coefficient (Wildman–Crippen LogP) is 5.25. The summed E-state index contributed by atoms with van der Waals surface area (Å²) in [7, 11) is 1.65. The van der Waals surface area contributed by atoms with Crippen LogP contribution < -0.4 is 4.74 Å². The molecule has 0 spiro atoms. The van der Waals surface area contributed by atoms with E-state index in [2.05, 4.69) is 24.0 Å². The lowest BCUT2D eigenvalue weighted by Gasteiger charge is -2.00. The fraction of sp³-hybridized carbons (Fsp3) is 0.111. The largest absolute Gasteiger partial charge is 0.497 e. The van der Waals surface area contributed by atoms with Gasteiger partial charge in [-0.15, -0.1) is 22.7 Å². The third-order valence-electron chi connectivity index (χ3n) is 3.29. The van der Waals surface area contributed by atoms with Crippen LogP contribution in [0.5, 0.6) is 5.75 Å². The summed E-state index contributed by atoms with van der Waals surface area (Å²) < 4.78 is 5.17. The van der Waals surface area contributed by atoms with Crippen LogP contribution in [0.15, 0.2) is 41.8 Å². The Balaban J connectivity index is 1.90. The van der Waals surface area contributed by atoms with E-state index in [-0.39, 0.29) is 0 Å². The lowest BCUT2D eigenvalue weighted by atomic mass is 10.1. The fourth-order valence-corrected chi connectivity index (χ4v) is 3.72. The second-order valence-corrected chi connectivity index (χ2v) is 7.06. The number of allylic oxidation sites excluding steroid dienone is 1. The van der Waals surface area contributed by atoms with Crippen LogP contribution in [0.3, 0.4) is 0 Å². The van der Waals surface area contributed by atoms with Crippen molar-refractivity contribution < 1.29 is 4.74 Å². The van der Waals surface area contributed by atoms with Crippen LogP contribution in [0.2, 0.25) is 0 Å². The molecule has 0 atom stereocenters. The molecule has 0 aliphatic rings. The Morgan fingerprint density at radius 1 is 1.22 bits per heavy atom. The quantitative estimate of drug-likeness (QED) is 0.610. The highest BCUT2D eigenvalue weighted by molar-refractivity contribution is 7.13. The van der Waals surface area contributed by atoms with Gasteiger partial charge in [0.1, 0.15) is 16.8 Å². The van der Waals surface area contributed by atoms with Gasteiger partial charge in [0, 0.05) is 20.7 Å². The number of rotatable bonds is 4. The highest BCUT2D eigenvalue weighted by Crippen LogP contribution is 2.29. The topological polar surface area (TPSA) is 45.9 Å². The van der Waals surface area contributed by atoms with Gasteiger partial charge >= 0.3 is 0 Å². The van der Waals surface area contributed by atoms with Gasteiger partial charge in [-0.2, -0.15) is 5.26 Å². The number of hydrogen-bond donors (Lipinski definition) is 0. The maximum Gasteiger partial charge on any atom is 0.134 e. The van der Waals surface area contributed by atoms with E-state index in [1.54, 1.807) is 18.4 Å². The monoisotopic (exact) mass is 338 g/mol. The molecule has 3 nitrogen and oxygen atoms in total. The molecule has 2 aromatic heterocycles. The zero-order valence-electron chi connectivity index (χ0n) is 12.7. The van der Waals surface area contributed by atoms with Gasteiger partial charge in [-0.05, 0) is 49.4 Å². The van der Waals surface area contributed by atoms with E-state index in [1.807, 2.05) is 41.8 Å². The van der Waals surface area contributed by atoms with Crippen molar-refractivity contribution in [3.63, 3.8) is 0 Å². The van der Waals surface area contributed by atoms with Gasteiger partial charge in [0.15, 0.2) is 0 Å². The molecule has 0 unspecified atom stereocenters. The predicted molar refractivity (Wildman–Crippen MR) is 96.6 cm³/mol. The molecular formula is C18H14N2OS2. The normalized spacial score (nSPS) is 11.3. The number of thiophene rings is 1. The molecule has 2 heterocycles. The molecule has 23 heavy (non-hydrogen) atoms. The lowest BCUT2D eigenvalue weighted by molar-refractivity contribution is 0.415. The average Bonchev–Trinajstić information content (AvgIpc) is 3.22. The van der Waals surface area contributed by atoms with Crippen molar-refractivity contribution in [2.75, 3.05) is 7.11 Å². The Bertz CT molecular complexity index is 882. The average molecular weight is 338 g/mol. The van der Waals surface area contributed by atoms with E-state index in [0.29, 0.717) is 5.57 Å². The first kappa shape index (κ1) is 15.5. The highest BCUT2D eigenvalue weighted by atomic mass is 32.1. The van der Waals surface area contributed by atoms with Crippen molar-refractivity contribution in [2.24, 2.45) is 0 Å².